The van der Waals surface area contributed by atoms with Crippen LogP contribution in [-0.2, 0) is 17.1 Å². The number of aromatic nitrogens is 6. The molecule has 35 heavy (non-hydrogen) atoms. The number of ether oxygens (including phenoxy) is 1. The first-order valence-corrected chi connectivity index (χ1v) is 9.89. The summed E-state index contributed by atoms with van der Waals surface area (Å²) < 4.78 is 86.7. The van der Waals surface area contributed by atoms with E-state index < -0.39 is 40.8 Å². The molecule has 182 valence electrons. The van der Waals surface area contributed by atoms with Crippen molar-refractivity contribution in [2.75, 3.05) is 6.61 Å². The second-order valence-corrected chi connectivity index (χ2v) is 7.04. The summed E-state index contributed by atoms with van der Waals surface area (Å²) in [7, 11) is 0. The van der Waals surface area contributed by atoms with E-state index in [0.29, 0.717) is 17.8 Å². The number of hydrogen-bond donors (Lipinski definition) is 0. The molecule has 4 aromatic rings. The molecule has 14 heteroatoms. The number of hydrogen-bond acceptors (Lipinski definition) is 6. The van der Waals surface area contributed by atoms with Crippen molar-refractivity contribution in [3.8, 4) is 22.9 Å². The van der Waals surface area contributed by atoms with Gasteiger partial charge in [0, 0.05) is 5.56 Å². The van der Waals surface area contributed by atoms with Crippen LogP contribution in [0.3, 0.4) is 0 Å². The van der Waals surface area contributed by atoms with E-state index in [-0.39, 0.29) is 24.2 Å². The van der Waals surface area contributed by atoms with E-state index >= 15 is 0 Å². The van der Waals surface area contributed by atoms with E-state index in [4.69, 9.17) is 4.74 Å². The van der Waals surface area contributed by atoms with Crippen molar-refractivity contribution in [3.05, 3.63) is 71.7 Å². The van der Waals surface area contributed by atoms with Crippen molar-refractivity contribution < 1.29 is 35.9 Å². The summed E-state index contributed by atoms with van der Waals surface area (Å²) in [6.07, 6.45) is -9.05. The number of benzene rings is 2. The Balaban J connectivity index is 1.86. The topological polar surface area (TPSA) is 87.7 Å². The van der Waals surface area contributed by atoms with Gasteiger partial charge < -0.3 is 4.74 Å². The quantitative estimate of drug-likeness (QED) is 0.293. The van der Waals surface area contributed by atoms with Gasteiger partial charge in [-0.3, -0.25) is 0 Å². The molecule has 0 bridgehead atoms. The van der Waals surface area contributed by atoms with Gasteiger partial charge in [-0.1, -0.05) is 23.4 Å². The first-order valence-electron chi connectivity index (χ1n) is 9.89. The van der Waals surface area contributed by atoms with Crippen LogP contribution in [0.1, 0.15) is 28.5 Å². The molecule has 0 amide bonds. The molecule has 0 unspecified atom stereocenters. The fourth-order valence-electron chi connectivity index (χ4n) is 3.14. The first-order chi connectivity index (χ1) is 16.5. The number of carbonyl (C=O) groups is 1. The highest BCUT2D eigenvalue weighted by Crippen LogP contribution is 2.38. The van der Waals surface area contributed by atoms with Crippen LogP contribution in [-0.4, -0.2) is 42.3 Å². The molecular formula is C21H14F6N6O2. The minimum atomic E-state index is -5.04. The number of halogens is 6. The van der Waals surface area contributed by atoms with Gasteiger partial charge in [0.1, 0.15) is 6.33 Å². The Morgan fingerprint density at radius 3 is 2.17 bits per heavy atom. The second kappa shape index (κ2) is 8.85. The van der Waals surface area contributed by atoms with Gasteiger partial charge >= 0.3 is 18.3 Å². The zero-order valence-electron chi connectivity index (χ0n) is 17.7. The molecule has 2 aromatic carbocycles. The molecule has 2 heterocycles. The third-order valence-corrected chi connectivity index (χ3v) is 4.67. The van der Waals surface area contributed by atoms with Gasteiger partial charge in [-0.15, -0.1) is 10.2 Å². The lowest BCUT2D eigenvalue weighted by Gasteiger charge is -2.13. The van der Waals surface area contributed by atoms with E-state index in [1.165, 1.54) is 4.68 Å². The monoisotopic (exact) mass is 496 g/mol. The lowest BCUT2D eigenvalue weighted by atomic mass is 10.0. The van der Waals surface area contributed by atoms with Crippen molar-refractivity contribution in [1.82, 2.24) is 29.8 Å². The molecule has 0 saturated carbocycles. The van der Waals surface area contributed by atoms with Gasteiger partial charge in [0.05, 0.1) is 23.4 Å². The summed E-state index contributed by atoms with van der Waals surface area (Å²) in [6, 6.07) is 9.37. The lowest BCUT2D eigenvalue weighted by Crippen LogP contribution is -2.13. The highest BCUT2D eigenvalue weighted by molar-refractivity contribution is 5.90. The van der Waals surface area contributed by atoms with E-state index in [2.05, 4.69) is 20.4 Å². The number of carbonyl (C=O) groups excluding carboxylic acids is 1. The normalized spacial score (nSPS) is 12.1. The highest BCUT2D eigenvalue weighted by Gasteiger charge is 2.37. The van der Waals surface area contributed by atoms with Crippen LogP contribution in [0.25, 0.3) is 22.9 Å². The summed E-state index contributed by atoms with van der Waals surface area (Å²) in [6.45, 7) is 1.59. The van der Waals surface area contributed by atoms with Crippen molar-refractivity contribution in [3.63, 3.8) is 0 Å². The van der Waals surface area contributed by atoms with E-state index in [1.807, 2.05) is 0 Å². The first kappa shape index (κ1) is 23.9. The van der Waals surface area contributed by atoms with Crippen molar-refractivity contribution in [2.24, 2.45) is 0 Å². The Kier molecular flexibility index (Phi) is 6.05. The molecular weight excluding hydrogens is 482 g/mol. The molecule has 2 aromatic heterocycles. The standard InChI is InChI=1S/C21H14F6N6O2/c1-2-35-19(34)16-18(33(31-29-16)15-6-4-3-5-7-15)32-11-28-17(30-32)12-8-13(20(22,23)24)10-14(9-12)21(25,26)27/h3-11H,2H2,1H3. The third-order valence-electron chi connectivity index (χ3n) is 4.67. The predicted octanol–water partition coefficient (Wildman–Crippen LogP) is 4.73. The summed E-state index contributed by atoms with van der Waals surface area (Å²) in [5, 5.41) is 11.8. The Bertz CT molecular complexity index is 1330. The third kappa shape index (κ3) is 4.85. The Morgan fingerprint density at radius 1 is 0.971 bits per heavy atom. The molecule has 0 atom stereocenters. The zero-order chi connectivity index (χ0) is 25.4. The largest absolute Gasteiger partial charge is 0.461 e. The summed E-state index contributed by atoms with van der Waals surface area (Å²) >= 11 is 0. The Morgan fingerprint density at radius 2 is 1.60 bits per heavy atom. The number of alkyl halides is 6. The van der Waals surface area contributed by atoms with Crippen LogP contribution in [0.2, 0.25) is 0 Å². The van der Waals surface area contributed by atoms with Crippen LogP contribution >= 0.6 is 0 Å². The van der Waals surface area contributed by atoms with Gasteiger partial charge in [0.15, 0.2) is 11.6 Å². The summed E-state index contributed by atoms with van der Waals surface area (Å²) in [5.74, 6) is -1.38. The second-order valence-electron chi connectivity index (χ2n) is 7.04. The molecule has 0 aliphatic carbocycles. The van der Waals surface area contributed by atoms with Crippen LogP contribution in [0.5, 0.6) is 0 Å². The highest BCUT2D eigenvalue weighted by atomic mass is 19.4. The molecule has 8 nitrogen and oxygen atoms in total. The van der Waals surface area contributed by atoms with Crippen LogP contribution < -0.4 is 0 Å². The maximum absolute atomic E-state index is 13.3. The van der Waals surface area contributed by atoms with Crippen molar-refractivity contribution in [2.45, 2.75) is 19.3 Å². The molecule has 0 aliphatic rings. The molecule has 0 saturated heterocycles. The van der Waals surface area contributed by atoms with Crippen molar-refractivity contribution in [1.29, 1.82) is 0 Å². The molecule has 0 N–H and O–H groups in total. The Labute approximate surface area is 192 Å². The average Bonchev–Trinajstić information content (AvgIpc) is 3.46. The fraction of sp³-hybridized carbons (Fsp3) is 0.190. The van der Waals surface area contributed by atoms with Gasteiger partial charge in [-0.25, -0.2) is 9.78 Å². The number of para-hydroxylation sites is 1. The molecule has 4 rings (SSSR count). The lowest BCUT2D eigenvalue weighted by molar-refractivity contribution is -0.143. The minimum absolute atomic E-state index is 0.00769. The SMILES string of the molecule is CCOC(=O)c1nnn(-c2ccccc2)c1-n1cnc(-c2cc(C(F)(F)F)cc(C(F)(F)F)c2)n1. The minimum Gasteiger partial charge on any atom is -0.461 e. The average molecular weight is 496 g/mol. The van der Waals surface area contributed by atoms with Crippen molar-refractivity contribution >= 4 is 5.97 Å². The number of esters is 1. The van der Waals surface area contributed by atoms with Crippen LogP contribution in [0.4, 0.5) is 26.3 Å². The van der Waals surface area contributed by atoms with Crippen LogP contribution in [0, 0.1) is 0 Å². The molecule has 0 aliphatic heterocycles. The summed E-state index contributed by atoms with van der Waals surface area (Å²) in [5.41, 5.74) is -3.39. The van der Waals surface area contributed by atoms with Crippen LogP contribution in [0.15, 0.2) is 54.9 Å². The molecule has 0 fully saturated rings. The number of nitrogens with zero attached hydrogens (tertiary/aromatic N) is 6. The maximum atomic E-state index is 13.3. The van der Waals surface area contributed by atoms with Gasteiger partial charge in [0.2, 0.25) is 5.69 Å². The van der Waals surface area contributed by atoms with Gasteiger partial charge in [-0.2, -0.15) is 35.7 Å². The van der Waals surface area contributed by atoms with Gasteiger partial charge in [0.25, 0.3) is 0 Å². The van der Waals surface area contributed by atoms with Gasteiger partial charge in [-0.05, 0) is 37.3 Å². The molecule has 0 radical (unpaired) electrons. The maximum Gasteiger partial charge on any atom is 0.416 e. The summed E-state index contributed by atoms with van der Waals surface area (Å²) in [4.78, 5) is 16.3. The Hall–Kier alpha value is -4.23. The fourth-order valence-corrected chi connectivity index (χ4v) is 3.14. The zero-order valence-corrected chi connectivity index (χ0v) is 17.7. The number of rotatable bonds is 5. The van der Waals surface area contributed by atoms with E-state index in [1.54, 1.807) is 37.3 Å². The van der Waals surface area contributed by atoms with E-state index in [9.17, 15) is 31.1 Å². The predicted molar refractivity (Wildman–Crippen MR) is 108 cm³/mol. The van der Waals surface area contributed by atoms with E-state index in [0.717, 1.165) is 11.0 Å². The smallest absolute Gasteiger partial charge is 0.416 e. The molecule has 0 spiro atoms.